The fraction of sp³-hybridized carbons (Fsp3) is 0.188. The van der Waals surface area contributed by atoms with Crippen molar-refractivity contribution in [2.45, 2.75) is 13.5 Å². The van der Waals surface area contributed by atoms with Crippen molar-refractivity contribution in [2.24, 2.45) is 0 Å². The highest BCUT2D eigenvalue weighted by atomic mass is 16.5. The van der Waals surface area contributed by atoms with Crippen LogP contribution in [0.5, 0.6) is 5.75 Å². The molecule has 0 saturated heterocycles. The van der Waals surface area contributed by atoms with Crippen molar-refractivity contribution in [3.05, 3.63) is 59.7 Å². The van der Waals surface area contributed by atoms with E-state index in [-0.39, 0.29) is 5.91 Å². The Balaban J connectivity index is 1.87. The van der Waals surface area contributed by atoms with Crippen LogP contribution in [0.4, 0.5) is 5.69 Å². The van der Waals surface area contributed by atoms with E-state index >= 15 is 0 Å². The zero-order valence-corrected chi connectivity index (χ0v) is 10.8. The number of nitrogens with zero attached hydrogens (tertiary/aromatic N) is 1. The van der Waals surface area contributed by atoms with Gasteiger partial charge in [0.15, 0.2) is 0 Å². The number of hydrogen-bond acceptors (Lipinski definition) is 2. The zero-order valence-electron chi connectivity index (χ0n) is 10.8. The molecule has 3 heteroatoms. The second kappa shape index (κ2) is 4.76. The number of anilines is 1. The van der Waals surface area contributed by atoms with Crippen LogP contribution in [-0.4, -0.2) is 12.5 Å². The molecule has 0 bridgehead atoms. The number of ether oxygens (including phenoxy) is 1. The Morgan fingerprint density at radius 2 is 1.84 bits per heavy atom. The van der Waals surface area contributed by atoms with Gasteiger partial charge in [0.05, 0.1) is 13.2 Å². The van der Waals surface area contributed by atoms with Crippen LogP contribution in [0.25, 0.3) is 0 Å². The van der Waals surface area contributed by atoms with Gasteiger partial charge in [0, 0.05) is 11.3 Å². The molecule has 19 heavy (non-hydrogen) atoms. The van der Waals surface area contributed by atoms with E-state index in [4.69, 9.17) is 4.74 Å². The predicted molar refractivity (Wildman–Crippen MR) is 74.6 cm³/mol. The molecule has 2 aromatic rings. The Hall–Kier alpha value is -2.29. The first-order chi connectivity index (χ1) is 9.29. The highest BCUT2D eigenvalue weighted by molar-refractivity contribution is 6.09. The van der Waals surface area contributed by atoms with Crippen LogP contribution in [0.2, 0.25) is 0 Å². The molecular formula is C16H15NO2. The minimum atomic E-state index is 0.0692. The van der Waals surface area contributed by atoms with Crippen LogP contribution in [0, 0.1) is 0 Å². The second-order valence-electron chi connectivity index (χ2n) is 4.48. The van der Waals surface area contributed by atoms with Crippen molar-refractivity contribution in [1.82, 2.24) is 0 Å². The lowest BCUT2D eigenvalue weighted by Crippen LogP contribution is -2.22. The van der Waals surface area contributed by atoms with Crippen molar-refractivity contribution >= 4 is 11.6 Å². The van der Waals surface area contributed by atoms with E-state index in [2.05, 4.69) is 0 Å². The van der Waals surface area contributed by atoms with Crippen molar-refractivity contribution in [3.63, 3.8) is 0 Å². The van der Waals surface area contributed by atoms with Crippen molar-refractivity contribution < 1.29 is 9.53 Å². The van der Waals surface area contributed by atoms with Gasteiger partial charge >= 0.3 is 0 Å². The Morgan fingerprint density at radius 1 is 1.11 bits per heavy atom. The Bertz CT molecular complexity index is 604. The topological polar surface area (TPSA) is 29.5 Å². The molecule has 96 valence electrons. The average molecular weight is 253 g/mol. The molecule has 0 spiro atoms. The molecule has 0 aliphatic carbocycles. The van der Waals surface area contributed by atoms with Gasteiger partial charge in [-0.3, -0.25) is 4.79 Å². The van der Waals surface area contributed by atoms with Gasteiger partial charge in [-0.25, -0.2) is 0 Å². The van der Waals surface area contributed by atoms with Crippen LogP contribution in [0.1, 0.15) is 22.8 Å². The zero-order chi connectivity index (χ0) is 13.2. The smallest absolute Gasteiger partial charge is 0.258 e. The first kappa shape index (κ1) is 11.8. The summed E-state index contributed by atoms with van der Waals surface area (Å²) in [6.07, 6.45) is 0. The fourth-order valence-electron chi connectivity index (χ4n) is 2.35. The monoisotopic (exact) mass is 253 g/mol. The molecule has 0 N–H and O–H groups in total. The quantitative estimate of drug-likeness (QED) is 0.840. The summed E-state index contributed by atoms with van der Waals surface area (Å²) in [6, 6.07) is 15.4. The molecule has 3 nitrogen and oxygen atoms in total. The lowest BCUT2D eigenvalue weighted by atomic mass is 10.1. The van der Waals surface area contributed by atoms with E-state index in [0.717, 1.165) is 22.6 Å². The van der Waals surface area contributed by atoms with Gasteiger partial charge in [-0.2, -0.15) is 0 Å². The minimum Gasteiger partial charge on any atom is -0.494 e. The third-order valence-electron chi connectivity index (χ3n) is 3.28. The number of rotatable bonds is 3. The molecular weight excluding hydrogens is 238 g/mol. The lowest BCUT2D eigenvalue weighted by molar-refractivity contribution is 0.0996. The number of carbonyl (C=O) groups is 1. The van der Waals surface area contributed by atoms with Gasteiger partial charge in [-0.05, 0) is 42.8 Å². The summed E-state index contributed by atoms with van der Waals surface area (Å²) in [6.45, 7) is 3.24. The highest BCUT2D eigenvalue weighted by Gasteiger charge is 2.27. The summed E-state index contributed by atoms with van der Waals surface area (Å²) in [7, 11) is 0. The number of benzene rings is 2. The van der Waals surface area contributed by atoms with Gasteiger partial charge in [0.2, 0.25) is 0 Å². The van der Waals surface area contributed by atoms with Crippen LogP contribution in [-0.2, 0) is 6.54 Å². The Labute approximate surface area is 112 Å². The summed E-state index contributed by atoms with van der Waals surface area (Å²) in [5.74, 6) is 0.898. The van der Waals surface area contributed by atoms with E-state index in [9.17, 15) is 4.79 Å². The molecule has 1 amide bonds. The molecule has 0 radical (unpaired) electrons. The van der Waals surface area contributed by atoms with E-state index in [1.54, 1.807) is 4.90 Å². The molecule has 0 unspecified atom stereocenters. The summed E-state index contributed by atoms with van der Waals surface area (Å²) in [4.78, 5) is 14.1. The number of carbonyl (C=O) groups excluding carboxylic acids is 1. The van der Waals surface area contributed by atoms with Gasteiger partial charge in [-0.1, -0.05) is 18.2 Å². The highest BCUT2D eigenvalue weighted by Crippen LogP contribution is 2.29. The van der Waals surface area contributed by atoms with E-state index < -0.39 is 0 Å². The van der Waals surface area contributed by atoms with Crippen LogP contribution in [0.3, 0.4) is 0 Å². The molecule has 1 heterocycles. The van der Waals surface area contributed by atoms with E-state index in [1.807, 2.05) is 55.5 Å². The molecule has 1 aliphatic heterocycles. The maximum absolute atomic E-state index is 12.3. The summed E-state index contributed by atoms with van der Waals surface area (Å²) in [5.41, 5.74) is 2.79. The fourth-order valence-corrected chi connectivity index (χ4v) is 2.35. The second-order valence-corrected chi connectivity index (χ2v) is 4.48. The van der Waals surface area contributed by atoms with E-state index in [0.29, 0.717) is 13.2 Å². The molecule has 0 fully saturated rings. The Morgan fingerprint density at radius 3 is 2.53 bits per heavy atom. The van der Waals surface area contributed by atoms with Crippen molar-refractivity contribution in [2.75, 3.05) is 11.5 Å². The van der Waals surface area contributed by atoms with Crippen molar-refractivity contribution in [3.8, 4) is 5.75 Å². The molecule has 3 rings (SSSR count). The number of hydrogen-bond donors (Lipinski definition) is 0. The maximum atomic E-state index is 12.3. The first-order valence-electron chi connectivity index (χ1n) is 6.42. The van der Waals surface area contributed by atoms with E-state index in [1.165, 1.54) is 0 Å². The largest absolute Gasteiger partial charge is 0.494 e. The van der Waals surface area contributed by atoms with Crippen LogP contribution in [0.15, 0.2) is 48.5 Å². The van der Waals surface area contributed by atoms with Gasteiger partial charge in [0.1, 0.15) is 5.75 Å². The molecule has 0 saturated carbocycles. The third kappa shape index (κ3) is 2.08. The molecule has 0 aromatic heterocycles. The molecule has 2 aromatic carbocycles. The Kier molecular flexibility index (Phi) is 2.95. The minimum absolute atomic E-state index is 0.0692. The van der Waals surface area contributed by atoms with Crippen LogP contribution < -0.4 is 9.64 Å². The lowest BCUT2D eigenvalue weighted by Gasteiger charge is -2.16. The third-order valence-corrected chi connectivity index (χ3v) is 3.28. The molecule has 1 aliphatic rings. The van der Waals surface area contributed by atoms with Crippen LogP contribution >= 0.6 is 0 Å². The average Bonchev–Trinajstić information content (AvgIpc) is 2.78. The summed E-state index contributed by atoms with van der Waals surface area (Å²) < 4.78 is 5.41. The molecule has 0 atom stereocenters. The first-order valence-corrected chi connectivity index (χ1v) is 6.42. The van der Waals surface area contributed by atoms with Crippen molar-refractivity contribution in [1.29, 1.82) is 0 Å². The van der Waals surface area contributed by atoms with Gasteiger partial charge in [-0.15, -0.1) is 0 Å². The number of amides is 1. The maximum Gasteiger partial charge on any atom is 0.258 e. The number of fused-ring (bicyclic) bond motifs is 1. The normalized spacial score (nSPS) is 13.5. The SMILES string of the molecule is CCOc1ccc(N2Cc3ccccc3C2=O)cc1. The summed E-state index contributed by atoms with van der Waals surface area (Å²) >= 11 is 0. The van der Waals surface area contributed by atoms with Gasteiger partial charge < -0.3 is 9.64 Å². The summed E-state index contributed by atoms with van der Waals surface area (Å²) in [5, 5.41) is 0. The van der Waals surface area contributed by atoms with Gasteiger partial charge in [0.25, 0.3) is 5.91 Å². The standard InChI is InChI=1S/C16H15NO2/c1-2-19-14-9-7-13(8-10-14)17-11-12-5-3-4-6-15(12)16(17)18/h3-10H,2,11H2,1H3. The predicted octanol–water partition coefficient (Wildman–Crippen LogP) is 3.25.